The molecule has 1 saturated carbocycles. The van der Waals surface area contributed by atoms with Crippen LogP contribution in [-0.4, -0.2) is 10.5 Å². The van der Waals surface area contributed by atoms with Crippen molar-refractivity contribution >= 4 is 22.7 Å². The van der Waals surface area contributed by atoms with E-state index in [1.807, 2.05) is 0 Å². The summed E-state index contributed by atoms with van der Waals surface area (Å²) in [6.07, 6.45) is 4.87. The fraction of sp³-hybridized carbons (Fsp3) is 0.462. The quantitative estimate of drug-likeness (QED) is 0.908. The molecule has 2 N–H and O–H groups in total. The first kappa shape index (κ1) is 11.9. The molecule has 0 radical (unpaired) electrons. The molecule has 0 aliphatic heterocycles. The van der Waals surface area contributed by atoms with Crippen molar-refractivity contribution in [2.75, 3.05) is 0 Å². The van der Waals surface area contributed by atoms with Gasteiger partial charge in [-0.1, -0.05) is 24.4 Å². The molecule has 18 heavy (non-hydrogen) atoms. The minimum Gasteiger partial charge on any atom is -0.441 e. The molecular formula is C13H14ClFN2O. The predicted molar refractivity (Wildman–Crippen MR) is 68.1 cm³/mol. The smallest absolute Gasteiger partial charge is 0.197 e. The van der Waals surface area contributed by atoms with Crippen molar-refractivity contribution in [3.05, 3.63) is 28.9 Å². The molecule has 0 spiro atoms. The first-order valence-electron chi connectivity index (χ1n) is 6.09. The van der Waals surface area contributed by atoms with E-state index in [1.54, 1.807) is 0 Å². The van der Waals surface area contributed by atoms with Gasteiger partial charge in [-0.3, -0.25) is 0 Å². The minimum atomic E-state index is -0.491. The van der Waals surface area contributed by atoms with Gasteiger partial charge in [0.25, 0.3) is 0 Å². The van der Waals surface area contributed by atoms with E-state index in [2.05, 4.69) is 4.98 Å². The number of oxazole rings is 1. The first-order chi connectivity index (χ1) is 8.56. The van der Waals surface area contributed by atoms with Gasteiger partial charge in [0.2, 0.25) is 0 Å². The molecule has 96 valence electrons. The van der Waals surface area contributed by atoms with E-state index in [0.717, 1.165) is 25.7 Å². The van der Waals surface area contributed by atoms with Crippen molar-refractivity contribution in [1.82, 2.24) is 4.98 Å². The average Bonchev–Trinajstić information content (AvgIpc) is 2.86. The first-order valence-corrected chi connectivity index (χ1v) is 6.47. The maximum atomic E-state index is 13.3. The second kappa shape index (κ2) is 4.21. The van der Waals surface area contributed by atoms with Gasteiger partial charge in [-0.15, -0.1) is 0 Å². The zero-order valence-corrected chi connectivity index (χ0v) is 10.6. The van der Waals surface area contributed by atoms with Crippen molar-refractivity contribution in [2.45, 2.75) is 37.6 Å². The van der Waals surface area contributed by atoms with Crippen molar-refractivity contribution in [3.8, 4) is 0 Å². The van der Waals surface area contributed by atoms with Gasteiger partial charge in [-0.2, -0.15) is 0 Å². The number of rotatable bonds is 2. The van der Waals surface area contributed by atoms with Crippen LogP contribution in [0.5, 0.6) is 0 Å². The zero-order valence-electron chi connectivity index (χ0n) is 9.88. The van der Waals surface area contributed by atoms with Crippen LogP contribution < -0.4 is 5.73 Å². The van der Waals surface area contributed by atoms with E-state index in [0.29, 0.717) is 23.4 Å². The fourth-order valence-corrected chi connectivity index (χ4v) is 2.76. The summed E-state index contributed by atoms with van der Waals surface area (Å²) in [5, 5.41) is 0.0608. The number of halogens is 2. The highest BCUT2D eigenvalue weighted by Gasteiger charge is 2.31. The van der Waals surface area contributed by atoms with Crippen molar-refractivity contribution in [1.29, 1.82) is 0 Å². The summed E-state index contributed by atoms with van der Waals surface area (Å²) in [4.78, 5) is 4.33. The van der Waals surface area contributed by atoms with Crippen molar-refractivity contribution < 1.29 is 8.81 Å². The van der Waals surface area contributed by atoms with Crippen molar-refractivity contribution in [3.63, 3.8) is 0 Å². The lowest BCUT2D eigenvalue weighted by atomic mass is 9.95. The summed E-state index contributed by atoms with van der Waals surface area (Å²) in [7, 11) is 0. The van der Waals surface area contributed by atoms with Gasteiger partial charge in [-0.25, -0.2) is 9.37 Å². The Bertz CT molecular complexity index is 551. The molecular weight excluding hydrogens is 255 g/mol. The SMILES string of the molecule is NC1(Cc2nc3cc(Cl)c(F)cc3o2)CCCC1. The van der Waals surface area contributed by atoms with Gasteiger partial charge >= 0.3 is 0 Å². The molecule has 1 aromatic heterocycles. The Hall–Kier alpha value is -1.13. The molecule has 1 aliphatic rings. The van der Waals surface area contributed by atoms with E-state index in [4.69, 9.17) is 21.8 Å². The lowest BCUT2D eigenvalue weighted by molar-refractivity contribution is 0.385. The van der Waals surface area contributed by atoms with Gasteiger partial charge < -0.3 is 10.2 Å². The second-order valence-corrected chi connectivity index (χ2v) is 5.50. The van der Waals surface area contributed by atoms with E-state index >= 15 is 0 Å². The van der Waals surface area contributed by atoms with Crippen LogP contribution in [0.3, 0.4) is 0 Å². The Balaban J connectivity index is 1.93. The Morgan fingerprint density at radius 1 is 1.39 bits per heavy atom. The molecule has 0 bridgehead atoms. The van der Waals surface area contributed by atoms with Crippen molar-refractivity contribution in [2.24, 2.45) is 5.73 Å². The monoisotopic (exact) mass is 268 g/mol. The molecule has 1 aliphatic carbocycles. The standard InChI is InChI=1S/C13H14ClFN2O/c14-8-5-10-11(6-9(8)15)18-12(17-10)7-13(16)3-1-2-4-13/h5-6H,1-4,7,16H2. The highest BCUT2D eigenvalue weighted by molar-refractivity contribution is 6.31. The lowest BCUT2D eigenvalue weighted by Crippen LogP contribution is -2.38. The number of nitrogens with zero attached hydrogens (tertiary/aromatic N) is 1. The van der Waals surface area contributed by atoms with E-state index in [9.17, 15) is 4.39 Å². The third kappa shape index (κ3) is 2.10. The van der Waals surface area contributed by atoms with Crippen LogP contribution in [0.2, 0.25) is 5.02 Å². The number of nitrogens with two attached hydrogens (primary N) is 1. The molecule has 2 aromatic rings. The van der Waals surface area contributed by atoms with Crippen LogP contribution in [0.25, 0.3) is 11.1 Å². The summed E-state index contributed by atoms with van der Waals surface area (Å²) in [5.74, 6) is 0.0752. The largest absolute Gasteiger partial charge is 0.441 e. The van der Waals surface area contributed by atoms with Gasteiger partial charge in [0.15, 0.2) is 11.5 Å². The molecule has 3 nitrogen and oxygen atoms in total. The average molecular weight is 269 g/mol. The molecule has 0 unspecified atom stereocenters. The third-order valence-electron chi connectivity index (χ3n) is 3.58. The Morgan fingerprint density at radius 3 is 2.83 bits per heavy atom. The molecule has 0 saturated heterocycles. The highest BCUT2D eigenvalue weighted by Crippen LogP contribution is 2.31. The lowest BCUT2D eigenvalue weighted by Gasteiger charge is -2.20. The highest BCUT2D eigenvalue weighted by atomic mass is 35.5. The van der Waals surface area contributed by atoms with E-state index < -0.39 is 5.82 Å². The molecule has 0 atom stereocenters. The maximum Gasteiger partial charge on any atom is 0.197 e. The number of aromatic nitrogens is 1. The molecule has 1 aromatic carbocycles. The number of hydrogen-bond donors (Lipinski definition) is 1. The summed E-state index contributed by atoms with van der Waals surface area (Å²) in [6.45, 7) is 0. The third-order valence-corrected chi connectivity index (χ3v) is 3.87. The fourth-order valence-electron chi connectivity index (χ4n) is 2.60. The van der Waals surface area contributed by atoms with Crippen LogP contribution in [0.1, 0.15) is 31.6 Å². The molecule has 5 heteroatoms. The summed E-state index contributed by atoms with van der Waals surface area (Å²) in [5.41, 5.74) is 7.06. The number of fused-ring (bicyclic) bond motifs is 1. The van der Waals surface area contributed by atoms with Gasteiger partial charge in [0.1, 0.15) is 11.3 Å². The zero-order chi connectivity index (χ0) is 12.8. The Kier molecular flexibility index (Phi) is 2.79. The van der Waals surface area contributed by atoms with E-state index in [1.165, 1.54) is 12.1 Å². The summed E-state index contributed by atoms with van der Waals surface area (Å²) < 4.78 is 18.8. The number of hydrogen-bond acceptors (Lipinski definition) is 3. The molecule has 3 rings (SSSR count). The van der Waals surface area contributed by atoms with Crippen LogP contribution in [0.4, 0.5) is 4.39 Å². The van der Waals surface area contributed by atoms with Crippen LogP contribution in [-0.2, 0) is 6.42 Å². The van der Waals surface area contributed by atoms with E-state index in [-0.39, 0.29) is 10.6 Å². The predicted octanol–water partition coefficient (Wildman–Crippen LogP) is 3.43. The Morgan fingerprint density at radius 2 is 2.11 bits per heavy atom. The normalized spacial score (nSPS) is 18.6. The molecule has 0 amide bonds. The van der Waals surface area contributed by atoms with Crippen LogP contribution in [0.15, 0.2) is 16.5 Å². The van der Waals surface area contributed by atoms with Gasteiger partial charge in [0, 0.05) is 18.0 Å². The maximum absolute atomic E-state index is 13.3. The van der Waals surface area contributed by atoms with Gasteiger partial charge in [0.05, 0.1) is 5.02 Å². The second-order valence-electron chi connectivity index (χ2n) is 5.09. The summed E-state index contributed by atoms with van der Waals surface area (Å²) >= 11 is 5.71. The molecule has 1 heterocycles. The topological polar surface area (TPSA) is 52.0 Å². The van der Waals surface area contributed by atoms with Gasteiger partial charge in [-0.05, 0) is 18.9 Å². The minimum absolute atomic E-state index is 0.0608. The number of benzene rings is 1. The van der Waals surface area contributed by atoms with Crippen LogP contribution in [0, 0.1) is 5.82 Å². The molecule has 1 fully saturated rings. The van der Waals surface area contributed by atoms with Crippen LogP contribution >= 0.6 is 11.6 Å². The summed E-state index contributed by atoms with van der Waals surface area (Å²) in [6, 6.07) is 2.75. The Labute approximate surface area is 109 Å².